The summed E-state index contributed by atoms with van der Waals surface area (Å²) in [6.07, 6.45) is 1.56. The quantitative estimate of drug-likeness (QED) is 0.369. The number of furan rings is 1. The van der Waals surface area contributed by atoms with E-state index in [0.29, 0.717) is 27.5 Å². The van der Waals surface area contributed by atoms with Crippen LogP contribution in [0.15, 0.2) is 75.1 Å². The van der Waals surface area contributed by atoms with Gasteiger partial charge < -0.3 is 4.42 Å². The first-order chi connectivity index (χ1) is 14.6. The van der Waals surface area contributed by atoms with Crippen molar-refractivity contribution in [2.45, 2.75) is 12.0 Å². The molecule has 2 heterocycles. The van der Waals surface area contributed by atoms with Crippen LogP contribution in [-0.4, -0.2) is 29.7 Å². The van der Waals surface area contributed by atoms with Gasteiger partial charge in [-0.05, 0) is 18.2 Å². The number of nitrogens with one attached hydrogen (secondary N) is 2. The number of aliphatic imine (C=N–C) groups is 1. The van der Waals surface area contributed by atoms with Crippen LogP contribution in [0, 0.1) is 0 Å². The summed E-state index contributed by atoms with van der Waals surface area (Å²) < 4.78 is 58.4. The maximum Gasteiger partial charge on any atom is 0.295 e. The van der Waals surface area contributed by atoms with E-state index >= 15 is 0 Å². The molecule has 0 radical (unpaired) electrons. The van der Waals surface area contributed by atoms with E-state index in [1.54, 1.807) is 56.6 Å². The molecule has 9 nitrogen and oxygen atoms in total. The molecule has 1 aliphatic heterocycles. The van der Waals surface area contributed by atoms with Crippen molar-refractivity contribution < 1.29 is 21.3 Å². The van der Waals surface area contributed by atoms with Gasteiger partial charge in [0.1, 0.15) is 11.3 Å². The van der Waals surface area contributed by atoms with E-state index in [9.17, 15) is 16.8 Å². The van der Waals surface area contributed by atoms with E-state index in [2.05, 4.69) is 14.4 Å². The van der Waals surface area contributed by atoms with Gasteiger partial charge in [0.2, 0.25) is 21.8 Å². The van der Waals surface area contributed by atoms with Crippen LogP contribution in [0.1, 0.15) is 6.92 Å². The highest BCUT2D eigenvalue weighted by atomic mass is 35.5. The number of thiol groups is 1. The number of anilines is 1. The molecule has 0 spiro atoms. The minimum absolute atomic E-state index is 0.0688. The average Bonchev–Trinajstić information content (AvgIpc) is 3.23. The van der Waals surface area contributed by atoms with Crippen LogP contribution in [0.25, 0.3) is 11.0 Å². The minimum atomic E-state index is -4.08. The van der Waals surface area contributed by atoms with Gasteiger partial charge in [-0.2, -0.15) is 13.4 Å². The Hall–Kier alpha value is -2.86. The first kappa shape index (κ1) is 21.4. The highest BCUT2D eigenvalue weighted by Crippen LogP contribution is 2.38. The summed E-state index contributed by atoms with van der Waals surface area (Å²) in [7, 11) is -5.23. The Kier molecular flexibility index (Phi) is 5.30. The van der Waals surface area contributed by atoms with Crippen LogP contribution in [0.2, 0.25) is 5.02 Å². The number of benzene rings is 2. The number of nitrogens with zero attached hydrogens (tertiary/aromatic N) is 2. The fraction of sp³-hybridized carbons (Fsp3) is 0.105. The van der Waals surface area contributed by atoms with E-state index in [1.807, 2.05) is 0 Å². The number of halogens is 1. The molecule has 0 bridgehead atoms. The van der Waals surface area contributed by atoms with Gasteiger partial charge in [-0.25, -0.2) is 12.9 Å². The largest absolute Gasteiger partial charge is 0.443 e. The van der Waals surface area contributed by atoms with E-state index in [0.717, 1.165) is 0 Å². The average molecular weight is 482 g/mol. The van der Waals surface area contributed by atoms with Crippen molar-refractivity contribution in [3.63, 3.8) is 0 Å². The lowest BCUT2D eigenvalue weighted by Crippen LogP contribution is -2.42. The fourth-order valence-electron chi connectivity index (χ4n) is 3.32. The maximum atomic E-state index is 13.1. The normalized spacial score (nSPS) is 18.8. The maximum absolute atomic E-state index is 13.1. The van der Waals surface area contributed by atoms with Gasteiger partial charge >= 0.3 is 0 Å². The number of rotatable bonds is 6. The first-order valence-corrected chi connectivity index (χ1v) is 12.0. The number of quaternary nitrogens is 1. The van der Waals surface area contributed by atoms with Crippen LogP contribution in [0.3, 0.4) is 0 Å². The Bertz CT molecular complexity index is 1400. The summed E-state index contributed by atoms with van der Waals surface area (Å²) in [5.74, 6) is 0.656. The van der Waals surface area contributed by atoms with Crippen molar-refractivity contribution >= 4 is 60.7 Å². The zero-order chi connectivity index (χ0) is 22.4. The Labute approximate surface area is 185 Å². The third kappa shape index (κ3) is 4.04. The molecule has 0 saturated carbocycles. The first-order valence-electron chi connectivity index (χ1n) is 8.96. The molecule has 162 valence electrons. The molecule has 2 N–H and O–H groups in total. The molecular weight excluding hydrogens is 464 g/mol. The number of hydrogen-bond acceptors (Lipinski definition) is 6. The van der Waals surface area contributed by atoms with Gasteiger partial charge in [0.15, 0.2) is 17.7 Å². The van der Waals surface area contributed by atoms with Crippen molar-refractivity contribution in [3.8, 4) is 0 Å². The van der Waals surface area contributed by atoms with Crippen molar-refractivity contribution in [2.24, 2.45) is 4.99 Å². The second kappa shape index (κ2) is 7.68. The highest BCUT2D eigenvalue weighted by Gasteiger charge is 2.37. The van der Waals surface area contributed by atoms with Crippen LogP contribution < -0.4 is 13.9 Å². The van der Waals surface area contributed by atoms with Gasteiger partial charge in [-0.1, -0.05) is 29.8 Å². The zero-order valence-electron chi connectivity index (χ0n) is 16.4. The van der Waals surface area contributed by atoms with Gasteiger partial charge in [0.25, 0.3) is 10.0 Å². The molecule has 1 unspecified atom stereocenters. The second-order valence-electron chi connectivity index (χ2n) is 6.99. The molecule has 1 aromatic heterocycles. The van der Waals surface area contributed by atoms with Crippen LogP contribution in [0.5, 0.6) is 0 Å². The van der Waals surface area contributed by atoms with E-state index in [1.165, 1.54) is 12.1 Å². The van der Waals surface area contributed by atoms with Gasteiger partial charge in [0.05, 0.1) is 7.05 Å². The summed E-state index contributed by atoms with van der Waals surface area (Å²) in [6, 6.07) is 13.1. The van der Waals surface area contributed by atoms with E-state index in [4.69, 9.17) is 16.0 Å². The molecule has 3 aromatic rings. The standard InChI is InChI=1S/C19H18ClN4O5S2/c1-12-21-18(22-30(25)26)11-24(12,2)16-8-7-14(20)10-15(16)23-31(27,28)19-9-13-5-3-4-6-17(13)29-19/h3-11,23,30H,1-2H3,(H,22,25,26)/q+1. The van der Waals surface area contributed by atoms with Crippen LogP contribution in [-0.2, 0) is 20.9 Å². The van der Waals surface area contributed by atoms with Crippen molar-refractivity contribution in [2.75, 3.05) is 11.8 Å². The summed E-state index contributed by atoms with van der Waals surface area (Å²) in [5.41, 5.74) is 1.14. The molecule has 0 aliphatic carbocycles. The molecule has 1 atom stereocenters. The minimum Gasteiger partial charge on any atom is -0.443 e. The monoisotopic (exact) mass is 481 g/mol. The van der Waals surface area contributed by atoms with Crippen molar-refractivity contribution in [3.05, 3.63) is 65.6 Å². The highest BCUT2D eigenvalue weighted by molar-refractivity contribution is 7.92. The molecule has 0 fully saturated rings. The Morgan fingerprint density at radius 1 is 1.13 bits per heavy atom. The van der Waals surface area contributed by atoms with E-state index < -0.39 is 20.9 Å². The molecule has 1 aliphatic rings. The molecule has 12 heteroatoms. The number of fused-ring (bicyclic) bond motifs is 1. The van der Waals surface area contributed by atoms with Crippen LogP contribution >= 0.6 is 11.6 Å². The molecule has 0 saturated heterocycles. The summed E-state index contributed by atoms with van der Waals surface area (Å²) in [5, 5.41) is 0.729. The van der Waals surface area contributed by atoms with Gasteiger partial charge in [-0.3, -0.25) is 9.44 Å². The lowest BCUT2D eigenvalue weighted by atomic mass is 10.2. The molecular formula is C19H18ClN4O5S2+. The lowest BCUT2D eigenvalue weighted by Gasteiger charge is -2.27. The smallest absolute Gasteiger partial charge is 0.295 e. The zero-order valence-corrected chi connectivity index (χ0v) is 18.8. The molecule has 0 amide bonds. The number of hydrogen-bond donors (Lipinski definition) is 3. The predicted octanol–water partition coefficient (Wildman–Crippen LogP) is 3.17. The third-order valence-electron chi connectivity index (χ3n) is 4.91. The second-order valence-corrected chi connectivity index (χ2v) is 9.78. The lowest BCUT2D eigenvalue weighted by molar-refractivity contribution is 0.484. The summed E-state index contributed by atoms with van der Waals surface area (Å²) in [4.78, 5) is 4.23. The number of sulfonamides is 1. The van der Waals surface area contributed by atoms with E-state index in [-0.39, 0.29) is 21.1 Å². The Morgan fingerprint density at radius 3 is 2.58 bits per heavy atom. The fourth-order valence-corrected chi connectivity index (χ4v) is 4.82. The van der Waals surface area contributed by atoms with Crippen molar-refractivity contribution in [1.29, 1.82) is 0 Å². The Morgan fingerprint density at radius 2 is 1.87 bits per heavy atom. The molecule has 2 aromatic carbocycles. The molecule has 31 heavy (non-hydrogen) atoms. The van der Waals surface area contributed by atoms with Gasteiger partial charge in [0, 0.05) is 29.5 Å². The Balaban J connectivity index is 1.77. The molecule has 4 rings (SSSR count). The number of amidine groups is 1. The van der Waals surface area contributed by atoms with Crippen LogP contribution in [0.4, 0.5) is 11.4 Å². The SMILES string of the molecule is CC1=NC(N[SH](=O)=O)=C[N+]1(C)c1ccc(Cl)cc1NS(=O)(=O)c1cc2ccccc2o1. The predicted molar refractivity (Wildman–Crippen MR) is 121 cm³/mol. The van der Waals surface area contributed by atoms with Crippen molar-refractivity contribution in [1.82, 2.24) is 9.21 Å². The van der Waals surface area contributed by atoms with Gasteiger partial charge in [-0.15, -0.1) is 0 Å². The summed E-state index contributed by atoms with van der Waals surface area (Å²) in [6.45, 7) is 1.70. The topological polar surface area (TPSA) is 118 Å². The summed E-state index contributed by atoms with van der Waals surface area (Å²) >= 11 is 6.14. The number of para-hydroxylation sites is 1. The third-order valence-corrected chi connectivity index (χ3v) is 6.78.